The Bertz CT molecular complexity index is 1410. The second-order valence-corrected chi connectivity index (χ2v) is 8.60. The maximum atomic E-state index is 13.5. The first kappa shape index (κ1) is 22.7. The Balaban J connectivity index is 1.98. The van der Waals surface area contributed by atoms with E-state index in [1.807, 2.05) is 50.2 Å². The van der Waals surface area contributed by atoms with E-state index < -0.39 is 0 Å². The zero-order valence-electron chi connectivity index (χ0n) is 19.2. The van der Waals surface area contributed by atoms with E-state index in [4.69, 9.17) is 21.3 Å². The Morgan fingerprint density at radius 3 is 2.64 bits per heavy atom. The summed E-state index contributed by atoms with van der Waals surface area (Å²) in [4.78, 5) is 18.3. The van der Waals surface area contributed by atoms with Crippen molar-refractivity contribution in [2.45, 2.75) is 33.6 Å². The van der Waals surface area contributed by atoms with Gasteiger partial charge in [-0.25, -0.2) is 4.98 Å². The van der Waals surface area contributed by atoms with Gasteiger partial charge in [0.15, 0.2) is 5.82 Å². The lowest BCUT2D eigenvalue weighted by molar-refractivity contribution is 0.335. The van der Waals surface area contributed by atoms with Crippen LogP contribution in [-0.4, -0.2) is 22.5 Å². The fraction of sp³-hybridized carbons (Fsp3) is 0.222. The van der Waals surface area contributed by atoms with Crippen molar-refractivity contribution >= 4 is 28.7 Å². The third-order valence-corrected chi connectivity index (χ3v) is 5.68. The van der Waals surface area contributed by atoms with E-state index >= 15 is 0 Å². The summed E-state index contributed by atoms with van der Waals surface area (Å²) in [5, 5.41) is 5.66. The lowest BCUT2D eigenvalue weighted by Crippen LogP contribution is -2.20. The zero-order chi connectivity index (χ0) is 23.5. The Hall–Kier alpha value is -3.44. The van der Waals surface area contributed by atoms with Gasteiger partial charge in [-0.15, -0.1) is 0 Å². The number of aromatic nitrogens is 2. The van der Waals surface area contributed by atoms with E-state index in [1.165, 1.54) is 4.68 Å². The molecule has 0 spiro atoms. The molecule has 0 bridgehead atoms. The number of fused-ring (bicyclic) bond motifs is 1. The second kappa shape index (κ2) is 9.59. The van der Waals surface area contributed by atoms with E-state index in [-0.39, 0.29) is 11.5 Å². The predicted octanol–water partition coefficient (Wildman–Crippen LogP) is 6.43. The molecule has 6 heteroatoms. The maximum Gasteiger partial charge on any atom is 0.282 e. The molecular weight excluding hydrogens is 434 g/mol. The number of hydrogen-bond donors (Lipinski definition) is 0. The summed E-state index contributed by atoms with van der Waals surface area (Å²) in [6.07, 6.45) is 1.63. The van der Waals surface area contributed by atoms with E-state index in [2.05, 4.69) is 25.0 Å². The van der Waals surface area contributed by atoms with E-state index in [1.54, 1.807) is 24.4 Å². The van der Waals surface area contributed by atoms with E-state index in [0.717, 1.165) is 28.0 Å². The first-order valence-electron chi connectivity index (χ1n) is 11.0. The van der Waals surface area contributed by atoms with E-state index in [9.17, 15) is 4.79 Å². The number of benzene rings is 3. The third-order valence-electron chi connectivity index (χ3n) is 5.44. The largest absolute Gasteiger partial charge is 0.494 e. The molecule has 0 saturated carbocycles. The molecule has 0 unspecified atom stereocenters. The average molecular weight is 460 g/mol. The molecule has 0 amide bonds. The van der Waals surface area contributed by atoms with Crippen LogP contribution in [0.1, 0.15) is 43.4 Å². The van der Waals surface area contributed by atoms with Gasteiger partial charge in [-0.05, 0) is 72.9 Å². The molecule has 168 valence electrons. The summed E-state index contributed by atoms with van der Waals surface area (Å²) < 4.78 is 7.25. The van der Waals surface area contributed by atoms with Crippen molar-refractivity contribution in [1.82, 2.24) is 9.66 Å². The van der Waals surface area contributed by atoms with Crippen LogP contribution in [0.2, 0.25) is 5.02 Å². The van der Waals surface area contributed by atoms with Crippen molar-refractivity contribution in [3.63, 3.8) is 0 Å². The van der Waals surface area contributed by atoms with Gasteiger partial charge in [0, 0.05) is 10.6 Å². The minimum absolute atomic E-state index is 0.228. The first-order valence-corrected chi connectivity index (χ1v) is 11.4. The van der Waals surface area contributed by atoms with Crippen LogP contribution in [0.25, 0.3) is 22.3 Å². The molecule has 4 aromatic rings. The van der Waals surface area contributed by atoms with Crippen molar-refractivity contribution in [2.75, 3.05) is 6.61 Å². The fourth-order valence-electron chi connectivity index (χ4n) is 3.79. The number of ether oxygens (including phenoxy) is 1. The van der Waals surface area contributed by atoms with Crippen molar-refractivity contribution < 1.29 is 4.74 Å². The molecule has 1 aromatic heterocycles. The van der Waals surface area contributed by atoms with E-state index in [0.29, 0.717) is 28.4 Å². The summed E-state index contributed by atoms with van der Waals surface area (Å²) in [5.74, 6) is 1.58. The lowest BCUT2D eigenvalue weighted by Gasteiger charge is -2.18. The van der Waals surface area contributed by atoms with Gasteiger partial charge < -0.3 is 4.74 Å². The molecule has 3 aromatic carbocycles. The molecule has 0 aliphatic carbocycles. The van der Waals surface area contributed by atoms with Crippen molar-refractivity contribution in [1.29, 1.82) is 0 Å². The molecule has 0 saturated heterocycles. The molecule has 0 atom stereocenters. The number of rotatable bonds is 6. The van der Waals surface area contributed by atoms with Crippen molar-refractivity contribution in [3.8, 4) is 17.1 Å². The molecule has 0 fully saturated rings. The Labute approximate surface area is 198 Å². The van der Waals surface area contributed by atoms with Gasteiger partial charge in [0.05, 0.1) is 23.7 Å². The molecule has 5 nitrogen and oxygen atoms in total. The van der Waals surface area contributed by atoms with Crippen molar-refractivity contribution in [3.05, 3.63) is 92.7 Å². The number of halogens is 1. The monoisotopic (exact) mass is 459 g/mol. The van der Waals surface area contributed by atoms with Crippen LogP contribution in [0.15, 0.2) is 70.6 Å². The van der Waals surface area contributed by atoms with Crippen LogP contribution in [0.3, 0.4) is 0 Å². The smallest absolute Gasteiger partial charge is 0.282 e. The van der Waals surface area contributed by atoms with Gasteiger partial charge in [0.1, 0.15) is 5.75 Å². The fourth-order valence-corrected chi connectivity index (χ4v) is 3.99. The predicted molar refractivity (Wildman–Crippen MR) is 136 cm³/mol. The quantitative estimate of drug-likeness (QED) is 0.312. The minimum Gasteiger partial charge on any atom is -0.494 e. The highest BCUT2D eigenvalue weighted by Gasteiger charge is 2.18. The van der Waals surface area contributed by atoms with Gasteiger partial charge in [-0.1, -0.05) is 49.7 Å². The number of hydrogen-bond acceptors (Lipinski definition) is 4. The lowest BCUT2D eigenvalue weighted by atomic mass is 9.96. The SMILES string of the molecule is CCOc1cc(C)c(-c2nc3ccccc3c(=O)n2N=Cc2cccc(Cl)c2)cc1C(C)C. The molecule has 0 N–H and O–H groups in total. The van der Waals surface area contributed by atoms with Crippen LogP contribution >= 0.6 is 11.6 Å². The van der Waals surface area contributed by atoms with Gasteiger partial charge in [-0.3, -0.25) is 4.79 Å². The molecule has 0 radical (unpaired) electrons. The topological polar surface area (TPSA) is 56.5 Å². The van der Waals surface area contributed by atoms with Crippen molar-refractivity contribution in [2.24, 2.45) is 5.10 Å². The third kappa shape index (κ3) is 4.69. The summed E-state index contributed by atoms with van der Waals surface area (Å²) in [6.45, 7) is 8.79. The van der Waals surface area contributed by atoms with Gasteiger partial charge in [0.25, 0.3) is 5.56 Å². The molecule has 33 heavy (non-hydrogen) atoms. The molecular formula is C27H26ClN3O2. The molecule has 0 aliphatic rings. The Morgan fingerprint density at radius 2 is 1.91 bits per heavy atom. The standard InChI is InChI=1S/C27H26ClN3O2/c1-5-33-25-13-18(4)23(15-22(25)17(2)3)26-30-24-12-7-6-11-21(24)27(32)31(26)29-16-19-9-8-10-20(28)14-19/h6-17H,5H2,1-4H3. The summed E-state index contributed by atoms with van der Waals surface area (Å²) >= 11 is 6.12. The average Bonchev–Trinajstić information content (AvgIpc) is 2.79. The summed E-state index contributed by atoms with van der Waals surface area (Å²) in [5.41, 5.74) is 4.05. The first-order chi connectivity index (χ1) is 15.9. The van der Waals surface area contributed by atoms with Crippen LogP contribution in [0.4, 0.5) is 0 Å². The summed E-state index contributed by atoms with van der Waals surface area (Å²) in [6, 6.07) is 18.7. The van der Waals surface area contributed by atoms with Gasteiger partial charge >= 0.3 is 0 Å². The van der Waals surface area contributed by atoms with Crippen LogP contribution < -0.4 is 10.3 Å². The van der Waals surface area contributed by atoms with Crippen LogP contribution in [-0.2, 0) is 0 Å². The second-order valence-electron chi connectivity index (χ2n) is 8.16. The highest BCUT2D eigenvalue weighted by Crippen LogP contribution is 2.34. The Morgan fingerprint density at radius 1 is 1.12 bits per heavy atom. The molecule has 4 rings (SSSR count). The highest BCUT2D eigenvalue weighted by atomic mass is 35.5. The van der Waals surface area contributed by atoms with Gasteiger partial charge in [0.2, 0.25) is 0 Å². The summed E-state index contributed by atoms with van der Waals surface area (Å²) in [7, 11) is 0. The molecule has 1 heterocycles. The number of para-hydroxylation sites is 1. The zero-order valence-corrected chi connectivity index (χ0v) is 19.9. The Kier molecular flexibility index (Phi) is 6.61. The number of aryl methyl sites for hydroxylation is 1. The normalized spacial score (nSPS) is 11.6. The van der Waals surface area contributed by atoms with Gasteiger partial charge in [-0.2, -0.15) is 9.78 Å². The van der Waals surface area contributed by atoms with Crippen LogP contribution in [0, 0.1) is 6.92 Å². The maximum absolute atomic E-state index is 13.5. The molecule has 0 aliphatic heterocycles. The highest BCUT2D eigenvalue weighted by molar-refractivity contribution is 6.30. The minimum atomic E-state index is -0.228. The number of nitrogens with zero attached hydrogens (tertiary/aromatic N) is 3. The van der Waals surface area contributed by atoms with Crippen LogP contribution in [0.5, 0.6) is 5.75 Å².